The molecule has 0 saturated heterocycles. The number of rotatable bonds is 4. The van der Waals surface area contributed by atoms with Crippen molar-refractivity contribution in [3.8, 4) is 0 Å². The normalized spacial score (nSPS) is 9.83. The predicted octanol–water partition coefficient (Wildman–Crippen LogP) is 4.60. The van der Waals surface area contributed by atoms with Gasteiger partial charge in [0.15, 0.2) is 0 Å². The molecule has 0 amide bonds. The molecule has 0 saturated carbocycles. The number of nitrogens with zero attached hydrogens (tertiary/aromatic N) is 1. The third-order valence-corrected chi connectivity index (χ3v) is 3.85. The Morgan fingerprint density at radius 3 is 2.61 bits per heavy atom. The molecule has 0 atom stereocenters. The van der Waals surface area contributed by atoms with E-state index in [1.54, 1.807) is 23.9 Å². The van der Waals surface area contributed by atoms with E-state index in [-0.39, 0.29) is 0 Å². The maximum Gasteiger partial charge on any atom is 0.240 e. The summed E-state index contributed by atoms with van der Waals surface area (Å²) in [4.78, 5) is 15.0. The lowest BCUT2D eigenvalue weighted by Gasteiger charge is -2.05. The van der Waals surface area contributed by atoms with Gasteiger partial charge in [0.05, 0.1) is 5.69 Å². The summed E-state index contributed by atoms with van der Waals surface area (Å²) in [6.07, 6.45) is 1.57. The Morgan fingerprint density at radius 1 is 1.11 bits per heavy atom. The van der Waals surface area contributed by atoms with Crippen molar-refractivity contribution in [1.29, 1.82) is 0 Å². The molecule has 0 unspecified atom stereocenters. The van der Waals surface area contributed by atoms with Crippen molar-refractivity contribution < 1.29 is 4.79 Å². The van der Waals surface area contributed by atoms with Crippen molar-refractivity contribution in [2.45, 2.75) is 10.6 Å². The van der Waals surface area contributed by atoms with Crippen molar-refractivity contribution in [1.82, 2.24) is 0 Å². The van der Waals surface area contributed by atoms with Gasteiger partial charge >= 0.3 is 0 Å². The zero-order chi connectivity index (χ0) is 12.8. The first-order chi connectivity index (χ1) is 8.81. The van der Waals surface area contributed by atoms with Crippen LogP contribution in [0.25, 0.3) is 0 Å². The number of aliphatic imine (C=N–C) groups is 1. The van der Waals surface area contributed by atoms with E-state index in [4.69, 9.17) is 11.6 Å². The molecular weight excluding hydrogens is 266 g/mol. The van der Waals surface area contributed by atoms with Crippen molar-refractivity contribution >= 4 is 35.1 Å². The number of hydrogen-bond acceptors (Lipinski definition) is 3. The fraction of sp³-hybridized carbons (Fsp3) is 0.0714. The molecule has 0 N–H and O–H groups in total. The number of halogens is 1. The van der Waals surface area contributed by atoms with Crippen LogP contribution in [0, 0.1) is 0 Å². The number of benzene rings is 2. The summed E-state index contributed by atoms with van der Waals surface area (Å²) in [6, 6.07) is 15.2. The standard InChI is InChI=1S/C14H10ClNOS/c15-12-6-2-1-5-11(12)9-18-14-8-4-3-7-13(14)16-10-17/h1-8H,9H2. The highest BCUT2D eigenvalue weighted by molar-refractivity contribution is 7.98. The summed E-state index contributed by atoms with van der Waals surface area (Å²) in [6.45, 7) is 0. The smallest absolute Gasteiger partial charge is 0.211 e. The molecular formula is C14H10ClNOS. The summed E-state index contributed by atoms with van der Waals surface area (Å²) in [5, 5.41) is 0.751. The van der Waals surface area contributed by atoms with Crippen LogP contribution in [0.1, 0.15) is 5.56 Å². The van der Waals surface area contributed by atoms with E-state index < -0.39 is 0 Å². The molecule has 0 radical (unpaired) electrons. The third-order valence-electron chi connectivity index (χ3n) is 2.37. The zero-order valence-electron chi connectivity index (χ0n) is 9.47. The summed E-state index contributed by atoms with van der Waals surface area (Å²) in [7, 11) is 0. The Kier molecular flexibility index (Phi) is 4.59. The van der Waals surface area contributed by atoms with Crippen molar-refractivity contribution in [2.24, 2.45) is 4.99 Å². The molecule has 0 heterocycles. The molecule has 4 heteroatoms. The van der Waals surface area contributed by atoms with Gasteiger partial charge in [-0.3, -0.25) is 0 Å². The highest BCUT2D eigenvalue weighted by Crippen LogP contribution is 2.32. The molecule has 2 rings (SSSR count). The van der Waals surface area contributed by atoms with Gasteiger partial charge in [0, 0.05) is 15.7 Å². The van der Waals surface area contributed by atoms with Gasteiger partial charge in [0.2, 0.25) is 6.08 Å². The second-order valence-corrected chi connectivity index (χ2v) is 4.98. The number of hydrogen-bond donors (Lipinski definition) is 0. The van der Waals surface area contributed by atoms with Crippen LogP contribution in [0.3, 0.4) is 0 Å². The molecule has 0 aliphatic rings. The van der Waals surface area contributed by atoms with Gasteiger partial charge in [0.25, 0.3) is 0 Å². The second-order valence-electron chi connectivity index (χ2n) is 3.55. The van der Waals surface area contributed by atoms with Gasteiger partial charge in [-0.05, 0) is 23.8 Å². The van der Waals surface area contributed by atoms with Crippen LogP contribution in [0.5, 0.6) is 0 Å². The summed E-state index contributed by atoms with van der Waals surface area (Å²) < 4.78 is 0. The second kappa shape index (κ2) is 6.41. The van der Waals surface area contributed by atoms with Crippen LogP contribution in [-0.2, 0) is 10.5 Å². The topological polar surface area (TPSA) is 29.4 Å². The SMILES string of the molecule is O=C=Nc1ccccc1SCc1ccccc1Cl. The van der Waals surface area contributed by atoms with Crippen molar-refractivity contribution in [3.05, 3.63) is 59.1 Å². The maximum absolute atomic E-state index is 10.3. The molecule has 90 valence electrons. The van der Waals surface area contributed by atoms with Gasteiger partial charge < -0.3 is 0 Å². The first-order valence-corrected chi connectivity index (χ1v) is 6.70. The minimum Gasteiger partial charge on any atom is -0.211 e. The minimum atomic E-state index is 0.643. The fourth-order valence-electron chi connectivity index (χ4n) is 1.49. The highest BCUT2D eigenvalue weighted by Gasteiger charge is 2.04. The van der Waals surface area contributed by atoms with Gasteiger partial charge in [-0.25, -0.2) is 4.79 Å². The summed E-state index contributed by atoms with van der Waals surface area (Å²) in [5.41, 5.74) is 1.71. The van der Waals surface area contributed by atoms with E-state index in [1.165, 1.54) is 0 Å². The van der Waals surface area contributed by atoms with E-state index in [0.29, 0.717) is 5.69 Å². The number of isocyanates is 1. The van der Waals surface area contributed by atoms with Crippen LogP contribution < -0.4 is 0 Å². The Hall–Kier alpha value is -1.54. The monoisotopic (exact) mass is 275 g/mol. The average molecular weight is 276 g/mol. The minimum absolute atomic E-state index is 0.643. The first kappa shape index (κ1) is 12.9. The molecule has 0 aromatic heterocycles. The molecule has 2 nitrogen and oxygen atoms in total. The summed E-state index contributed by atoms with van der Waals surface area (Å²) >= 11 is 7.69. The van der Waals surface area contributed by atoms with Gasteiger partial charge in [0.1, 0.15) is 0 Å². The van der Waals surface area contributed by atoms with Crippen molar-refractivity contribution in [3.63, 3.8) is 0 Å². The van der Waals surface area contributed by atoms with Gasteiger partial charge in [-0.1, -0.05) is 41.9 Å². The molecule has 2 aromatic carbocycles. The molecule has 0 aliphatic carbocycles. The lowest BCUT2D eigenvalue weighted by atomic mass is 10.2. The van der Waals surface area contributed by atoms with Crippen LogP contribution in [0.4, 0.5) is 5.69 Å². The largest absolute Gasteiger partial charge is 0.240 e. The number of thioether (sulfide) groups is 1. The summed E-state index contributed by atoms with van der Waals surface area (Å²) in [5.74, 6) is 0.741. The number of carbonyl (C=O) groups excluding carboxylic acids is 1. The van der Waals surface area contributed by atoms with Crippen LogP contribution in [-0.4, -0.2) is 6.08 Å². The predicted molar refractivity (Wildman–Crippen MR) is 75.2 cm³/mol. The Labute approximate surface area is 115 Å². The quantitative estimate of drug-likeness (QED) is 0.464. The average Bonchev–Trinajstić information content (AvgIpc) is 2.40. The maximum atomic E-state index is 10.3. The lowest BCUT2D eigenvalue weighted by molar-refractivity contribution is 0.565. The van der Waals surface area contributed by atoms with E-state index in [2.05, 4.69) is 4.99 Å². The Bertz CT molecular complexity index is 594. The molecule has 2 aromatic rings. The van der Waals surface area contributed by atoms with E-state index in [1.807, 2.05) is 42.5 Å². The van der Waals surface area contributed by atoms with Crippen LogP contribution in [0.2, 0.25) is 5.02 Å². The zero-order valence-corrected chi connectivity index (χ0v) is 11.0. The lowest BCUT2D eigenvalue weighted by Crippen LogP contribution is -1.82. The molecule has 0 aliphatic heterocycles. The fourth-order valence-corrected chi connectivity index (χ4v) is 2.77. The number of para-hydroxylation sites is 1. The Balaban J connectivity index is 2.16. The van der Waals surface area contributed by atoms with E-state index in [9.17, 15) is 4.79 Å². The van der Waals surface area contributed by atoms with Gasteiger partial charge in [-0.2, -0.15) is 4.99 Å². The van der Waals surface area contributed by atoms with Crippen molar-refractivity contribution in [2.75, 3.05) is 0 Å². The molecule has 18 heavy (non-hydrogen) atoms. The Morgan fingerprint density at radius 2 is 1.83 bits per heavy atom. The third kappa shape index (κ3) is 3.23. The van der Waals surface area contributed by atoms with Crippen LogP contribution >= 0.6 is 23.4 Å². The first-order valence-electron chi connectivity index (χ1n) is 5.34. The van der Waals surface area contributed by atoms with Crippen LogP contribution in [0.15, 0.2) is 58.4 Å². The molecule has 0 bridgehead atoms. The van der Waals surface area contributed by atoms with E-state index in [0.717, 1.165) is 21.2 Å². The van der Waals surface area contributed by atoms with Gasteiger partial charge in [-0.15, -0.1) is 11.8 Å². The molecule has 0 spiro atoms. The highest BCUT2D eigenvalue weighted by atomic mass is 35.5. The molecule has 0 fully saturated rings. The van der Waals surface area contributed by atoms with E-state index >= 15 is 0 Å².